The number of nitrogens with two attached hydrogens (primary N) is 2. The molecule has 0 saturated heterocycles. The summed E-state index contributed by atoms with van der Waals surface area (Å²) in [4.78, 5) is 23.0. The molecule has 1 aliphatic rings. The number of likely N-dealkylation sites (N-methyl/N-ethyl adjacent to an activating group) is 1. The van der Waals surface area contributed by atoms with E-state index in [1.165, 1.54) is 4.90 Å². The third-order valence-electron chi connectivity index (χ3n) is 1.93. The lowest BCUT2D eigenvalue weighted by Crippen LogP contribution is -2.37. The van der Waals surface area contributed by atoms with Crippen molar-refractivity contribution in [3.05, 3.63) is 0 Å². The second kappa shape index (κ2) is 3.10. The van der Waals surface area contributed by atoms with Gasteiger partial charge in [-0.05, 0) is 6.42 Å². The fourth-order valence-corrected chi connectivity index (χ4v) is 1.09. The molecule has 0 aliphatic heterocycles. The van der Waals surface area contributed by atoms with Crippen molar-refractivity contribution in [3.63, 3.8) is 0 Å². The van der Waals surface area contributed by atoms with Gasteiger partial charge in [0.05, 0.1) is 12.5 Å². The van der Waals surface area contributed by atoms with Gasteiger partial charge in [0.15, 0.2) is 0 Å². The van der Waals surface area contributed by atoms with Crippen LogP contribution in [0.4, 0.5) is 0 Å². The average molecular weight is 171 g/mol. The summed E-state index contributed by atoms with van der Waals surface area (Å²) in [6, 6.07) is -0.0205. The number of primary amides is 1. The number of hydrogen-bond acceptors (Lipinski definition) is 3. The molecule has 0 spiro atoms. The molecule has 0 aromatic heterocycles. The number of hydrogen-bond donors (Lipinski definition) is 2. The smallest absolute Gasteiger partial charge is 0.237 e. The molecule has 1 rings (SSSR count). The Bertz CT molecular complexity index is 217. The van der Waals surface area contributed by atoms with Gasteiger partial charge < -0.3 is 16.4 Å². The van der Waals surface area contributed by atoms with Crippen LogP contribution in [0.3, 0.4) is 0 Å². The van der Waals surface area contributed by atoms with Gasteiger partial charge in [-0.25, -0.2) is 0 Å². The SMILES string of the molecule is CN(CC(N)=O)C(=O)C1CC1N. The monoisotopic (exact) mass is 171 g/mol. The zero-order valence-electron chi connectivity index (χ0n) is 6.99. The summed E-state index contributed by atoms with van der Waals surface area (Å²) in [6.45, 7) is -0.0257. The van der Waals surface area contributed by atoms with E-state index >= 15 is 0 Å². The molecule has 12 heavy (non-hydrogen) atoms. The minimum atomic E-state index is -0.500. The van der Waals surface area contributed by atoms with Gasteiger partial charge in [-0.15, -0.1) is 0 Å². The fraction of sp³-hybridized carbons (Fsp3) is 0.714. The van der Waals surface area contributed by atoms with Crippen molar-refractivity contribution in [2.24, 2.45) is 17.4 Å². The minimum absolute atomic E-state index is 0.0205. The van der Waals surface area contributed by atoms with E-state index in [-0.39, 0.29) is 24.4 Å². The maximum absolute atomic E-state index is 11.3. The number of carbonyl (C=O) groups is 2. The normalized spacial score (nSPS) is 26.5. The van der Waals surface area contributed by atoms with Gasteiger partial charge in [-0.1, -0.05) is 0 Å². The highest BCUT2D eigenvalue weighted by atomic mass is 16.2. The van der Waals surface area contributed by atoms with E-state index in [1.807, 2.05) is 0 Å². The van der Waals surface area contributed by atoms with E-state index in [9.17, 15) is 9.59 Å². The van der Waals surface area contributed by atoms with Gasteiger partial charge in [-0.2, -0.15) is 0 Å². The van der Waals surface area contributed by atoms with Gasteiger partial charge in [0.25, 0.3) is 0 Å². The highest BCUT2D eigenvalue weighted by molar-refractivity contribution is 5.86. The Kier molecular flexibility index (Phi) is 2.32. The molecule has 4 N–H and O–H groups in total. The van der Waals surface area contributed by atoms with Crippen molar-refractivity contribution in [2.45, 2.75) is 12.5 Å². The Labute approximate surface area is 70.7 Å². The standard InChI is InChI=1S/C7H13N3O2/c1-10(3-6(9)11)7(12)4-2-5(4)8/h4-5H,2-3,8H2,1H3,(H2,9,11). The number of amides is 2. The van der Waals surface area contributed by atoms with Gasteiger partial charge in [0.1, 0.15) is 0 Å². The second-order valence-corrected chi connectivity index (χ2v) is 3.17. The molecule has 1 fully saturated rings. The molecular weight excluding hydrogens is 158 g/mol. The summed E-state index contributed by atoms with van der Waals surface area (Å²) >= 11 is 0. The molecule has 0 radical (unpaired) electrons. The Morgan fingerprint density at radius 1 is 1.58 bits per heavy atom. The molecule has 68 valence electrons. The van der Waals surface area contributed by atoms with Crippen molar-refractivity contribution in [2.75, 3.05) is 13.6 Å². The molecule has 5 nitrogen and oxygen atoms in total. The highest BCUT2D eigenvalue weighted by Crippen LogP contribution is 2.29. The Morgan fingerprint density at radius 2 is 2.08 bits per heavy atom. The first-order valence-electron chi connectivity index (χ1n) is 3.81. The Morgan fingerprint density at radius 3 is 2.42 bits per heavy atom. The van der Waals surface area contributed by atoms with Crippen molar-refractivity contribution in [3.8, 4) is 0 Å². The summed E-state index contributed by atoms with van der Waals surface area (Å²) in [5.41, 5.74) is 10.4. The number of nitrogens with zero attached hydrogens (tertiary/aromatic N) is 1. The second-order valence-electron chi connectivity index (χ2n) is 3.17. The molecule has 0 aromatic rings. The average Bonchev–Trinajstić information content (AvgIpc) is 2.64. The molecular formula is C7H13N3O2. The van der Waals surface area contributed by atoms with Crippen LogP contribution in [0, 0.1) is 5.92 Å². The van der Waals surface area contributed by atoms with E-state index in [0.717, 1.165) is 6.42 Å². The summed E-state index contributed by atoms with van der Waals surface area (Å²) in [5.74, 6) is -0.671. The van der Waals surface area contributed by atoms with E-state index in [1.54, 1.807) is 7.05 Å². The molecule has 2 amide bonds. The quantitative estimate of drug-likeness (QED) is 0.529. The Hall–Kier alpha value is -1.10. The summed E-state index contributed by atoms with van der Waals surface area (Å²) in [6.07, 6.45) is 0.724. The van der Waals surface area contributed by atoms with E-state index in [2.05, 4.69) is 0 Å². The molecule has 0 heterocycles. The van der Waals surface area contributed by atoms with E-state index < -0.39 is 5.91 Å². The highest BCUT2D eigenvalue weighted by Gasteiger charge is 2.41. The lowest BCUT2D eigenvalue weighted by Gasteiger charge is -2.14. The van der Waals surface area contributed by atoms with Crippen LogP contribution in [0.2, 0.25) is 0 Å². The third kappa shape index (κ3) is 1.94. The first-order chi connectivity index (χ1) is 5.52. The van der Waals surface area contributed by atoms with E-state index in [4.69, 9.17) is 11.5 Å². The fourth-order valence-electron chi connectivity index (χ4n) is 1.09. The van der Waals surface area contributed by atoms with Crippen LogP contribution < -0.4 is 11.5 Å². The van der Waals surface area contributed by atoms with Gasteiger partial charge >= 0.3 is 0 Å². The maximum atomic E-state index is 11.3. The molecule has 0 aromatic carbocycles. The molecule has 0 bridgehead atoms. The predicted octanol–water partition coefficient (Wildman–Crippen LogP) is -1.72. The first kappa shape index (κ1) is 8.99. The van der Waals surface area contributed by atoms with Crippen LogP contribution in [0.25, 0.3) is 0 Å². The number of carbonyl (C=O) groups excluding carboxylic acids is 2. The first-order valence-corrected chi connectivity index (χ1v) is 3.81. The van der Waals surface area contributed by atoms with Gasteiger partial charge in [0.2, 0.25) is 11.8 Å². The minimum Gasteiger partial charge on any atom is -0.368 e. The number of rotatable bonds is 3. The lowest BCUT2D eigenvalue weighted by molar-refractivity contribution is -0.134. The lowest BCUT2D eigenvalue weighted by atomic mass is 10.3. The van der Waals surface area contributed by atoms with E-state index in [0.29, 0.717) is 0 Å². The zero-order valence-corrected chi connectivity index (χ0v) is 6.99. The van der Waals surface area contributed by atoms with Crippen molar-refractivity contribution >= 4 is 11.8 Å². The molecule has 2 atom stereocenters. The van der Waals surface area contributed by atoms with Crippen LogP contribution in [-0.4, -0.2) is 36.3 Å². The van der Waals surface area contributed by atoms with Gasteiger partial charge in [0, 0.05) is 13.1 Å². The van der Waals surface area contributed by atoms with Crippen molar-refractivity contribution in [1.82, 2.24) is 4.90 Å². The van der Waals surface area contributed by atoms with Crippen LogP contribution in [0.15, 0.2) is 0 Å². The topological polar surface area (TPSA) is 89.4 Å². The maximum Gasteiger partial charge on any atom is 0.237 e. The molecule has 2 unspecified atom stereocenters. The van der Waals surface area contributed by atoms with Crippen LogP contribution in [-0.2, 0) is 9.59 Å². The van der Waals surface area contributed by atoms with Crippen molar-refractivity contribution < 1.29 is 9.59 Å². The molecule has 5 heteroatoms. The van der Waals surface area contributed by atoms with Crippen LogP contribution in [0.1, 0.15) is 6.42 Å². The largest absolute Gasteiger partial charge is 0.368 e. The third-order valence-corrected chi connectivity index (χ3v) is 1.93. The summed E-state index contributed by atoms with van der Waals surface area (Å²) in [5, 5.41) is 0. The van der Waals surface area contributed by atoms with Crippen LogP contribution in [0.5, 0.6) is 0 Å². The summed E-state index contributed by atoms with van der Waals surface area (Å²) in [7, 11) is 1.55. The Balaban J connectivity index is 2.37. The summed E-state index contributed by atoms with van der Waals surface area (Å²) < 4.78 is 0. The zero-order chi connectivity index (χ0) is 9.30. The van der Waals surface area contributed by atoms with Gasteiger partial charge in [-0.3, -0.25) is 9.59 Å². The molecule has 1 saturated carbocycles. The van der Waals surface area contributed by atoms with Crippen molar-refractivity contribution in [1.29, 1.82) is 0 Å². The molecule has 1 aliphatic carbocycles. The van der Waals surface area contributed by atoms with Crippen LogP contribution >= 0.6 is 0 Å². The predicted molar refractivity (Wildman–Crippen MR) is 42.9 cm³/mol.